The van der Waals surface area contributed by atoms with Crippen LogP contribution in [0.15, 0.2) is 65.7 Å². The zero-order chi connectivity index (χ0) is 33.3. The van der Waals surface area contributed by atoms with Crippen molar-refractivity contribution in [1.82, 2.24) is 40.6 Å². The Morgan fingerprint density at radius 1 is 1.13 bits per heavy atom. The molecule has 3 heterocycles. The number of methoxy groups -OCH3 is 2. The standard InChI is InChI=1S/C31H32ClN9O6/c1-46-30(44)34-23-9-5-20(6-10-23)24-16-26(36-37-29(24)43)25(14-19-4-3-13-40(17-19)31(45)47-2)35-28(42)12-7-21-15-22(32)8-11-27(21)41-18-33-38-39-41/h5-12,15-16,18-19,25H,3-4,13-14,17H2,1-2H3,(H,34,44)(H,35,42)(H,37,43)/b12-7+. The van der Waals surface area contributed by atoms with Crippen LogP contribution in [0, 0.1) is 5.92 Å². The summed E-state index contributed by atoms with van der Waals surface area (Å²) in [5, 5.41) is 24.2. The minimum absolute atomic E-state index is 0.0114. The molecule has 1 aliphatic rings. The summed E-state index contributed by atoms with van der Waals surface area (Å²) in [6.45, 7) is 1.02. The molecule has 1 saturated heterocycles. The Morgan fingerprint density at radius 2 is 1.94 bits per heavy atom. The lowest BCUT2D eigenvalue weighted by molar-refractivity contribution is -0.117. The van der Waals surface area contributed by atoms with Gasteiger partial charge < -0.3 is 19.7 Å². The highest BCUT2D eigenvalue weighted by atomic mass is 35.5. The van der Waals surface area contributed by atoms with Gasteiger partial charge in [-0.1, -0.05) is 23.7 Å². The topological polar surface area (TPSA) is 186 Å². The number of nitrogens with zero attached hydrogens (tertiary/aromatic N) is 6. The normalized spacial score (nSPS) is 15.2. The largest absolute Gasteiger partial charge is 0.453 e. The van der Waals surface area contributed by atoms with Crippen LogP contribution in [0.5, 0.6) is 0 Å². The Bertz CT molecular complexity index is 1810. The van der Waals surface area contributed by atoms with Crippen molar-refractivity contribution in [2.75, 3.05) is 32.6 Å². The van der Waals surface area contributed by atoms with Crippen molar-refractivity contribution in [2.24, 2.45) is 5.92 Å². The van der Waals surface area contributed by atoms with E-state index in [-0.39, 0.29) is 5.92 Å². The summed E-state index contributed by atoms with van der Waals surface area (Å²) in [6.07, 6.45) is 5.39. The van der Waals surface area contributed by atoms with Crippen molar-refractivity contribution in [3.8, 4) is 16.8 Å². The number of benzene rings is 2. The van der Waals surface area contributed by atoms with Gasteiger partial charge in [-0.2, -0.15) is 9.78 Å². The number of amides is 3. The average Bonchev–Trinajstić information content (AvgIpc) is 3.62. The maximum Gasteiger partial charge on any atom is 0.411 e. The number of aromatic amines is 1. The lowest BCUT2D eigenvalue weighted by atomic mass is 9.89. The fourth-order valence-corrected chi connectivity index (χ4v) is 5.56. The molecule has 0 radical (unpaired) electrons. The molecule has 0 aliphatic carbocycles. The van der Waals surface area contributed by atoms with Gasteiger partial charge in [0, 0.05) is 35.4 Å². The summed E-state index contributed by atoms with van der Waals surface area (Å²) in [5.74, 6) is -0.414. The van der Waals surface area contributed by atoms with Crippen molar-refractivity contribution >= 4 is 41.5 Å². The van der Waals surface area contributed by atoms with Crippen molar-refractivity contribution < 1.29 is 23.9 Å². The molecule has 3 N–H and O–H groups in total. The van der Waals surface area contributed by atoms with Crippen molar-refractivity contribution in [3.63, 3.8) is 0 Å². The molecule has 5 rings (SSSR count). The van der Waals surface area contributed by atoms with Gasteiger partial charge in [0.15, 0.2) is 0 Å². The van der Waals surface area contributed by atoms with E-state index >= 15 is 0 Å². The second kappa shape index (κ2) is 15.1. The van der Waals surface area contributed by atoms with E-state index in [1.165, 1.54) is 31.3 Å². The first-order valence-electron chi connectivity index (χ1n) is 14.6. The number of halogens is 1. The van der Waals surface area contributed by atoms with Gasteiger partial charge in [-0.25, -0.2) is 14.7 Å². The van der Waals surface area contributed by atoms with Crippen LogP contribution in [0.25, 0.3) is 22.9 Å². The van der Waals surface area contributed by atoms with Gasteiger partial charge in [-0.3, -0.25) is 14.9 Å². The molecule has 1 aliphatic heterocycles. The first-order chi connectivity index (χ1) is 22.7. The molecular weight excluding hydrogens is 630 g/mol. The van der Waals surface area contributed by atoms with Crippen molar-refractivity contribution in [3.05, 3.63) is 87.6 Å². The number of likely N-dealkylation sites (tertiary alicyclic amines) is 1. The highest BCUT2D eigenvalue weighted by Crippen LogP contribution is 2.29. The number of rotatable bonds is 9. The molecule has 4 aromatic rings. The number of tetrazole rings is 1. The second-order valence-electron chi connectivity index (χ2n) is 10.7. The first-order valence-corrected chi connectivity index (χ1v) is 15.0. The third kappa shape index (κ3) is 8.38. The van der Waals surface area contributed by atoms with Gasteiger partial charge in [0.25, 0.3) is 5.56 Å². The molecule has 16 heteroatoms. The van der Waals surface area contributed by atoms with E-state index in [9.17, 15) is 19.2 Å². The molecule has 244 valence electrons. The molecule has 2 aromatic heterocycles. The third-order valence-corrected chi connectivity index (χ3v) is 7.88. The quantitative estimate of drug-likeness (QED) is 0.222. The van der Waals surface area contributed by atoms with Crippen LogP contribution in [-0.2, 0) is 14.3 Å². The average molecular weight is 662 g/mol. The van der Waals surface area contributed by atoms with Gasteiger partial charge in [0.05, 0.1) is 37.2 Å². The smallest absolute Gasteiger partial charge is 0.411 e. The fraction of sp³-hybridized carbons (Fsp3) is 0.290. The van der Waals surface area contributed by atoms with Crippen LogP contribution in [0.2, 0.25) is 5.02 Å². The maximum absolute atomic E-state index is 13.4. The van der Waals surface area contributed by atoms with Gasteiger partial charge in [-0.15, -0.1) is 5.10 Å². The number of hydrogen-bond acceptors (Lipinski definition) is 10. The maximum atomic E-state index is 13.4. The van der Waals surface area contributed by atoms with Crippen LogP contribution in [0.4, 0.5) is 15.3 Å². The van der Waals surface area contributed by atoms with E-state index in [1.807, 2.05) is 0 Å². The predicted molar refractivity (Wildman–Crippen MR) is 172 cm³/mol. The second-order valence-corrected chi connectivity index (χ2v) is 11.2. The lowest BCUT2D eigenvalue weighted by Gasteiger charge is -2.33. The number of anilines is 1. The molecular formula is C31H32ClN9O6. The molecule has 0 spiro atoms. The number of carbonyl (C=O) groups is 3. The minimum atomic E-state index is -0.635. The number of carbonyl (C=O) groups excluding carboxylic acids is 3. The van der Waals surface area contributed by atoms with Crippen LogP contribution < -0.4 is 16.2 Å². The summed E-state index contributed by atoms with van der Waals surface area (Å²) in [6, 6.07) is 12.7. The van der Waals surface area contributed by atoms with E-state index in [0.29, 0.717) is 58.3 Å². The summed E-state index contributed by atoms with van der Waals surface area (Å²) in [7, 11) is 2.61. The van der Waals surface area contributed by atoms with E-state index < -0.39 is 29.7 Å². The Labute approximate surface area is 273 Å². The molecule has 1 fully saturated rings. The van der Waals surface area contributed by atoms with Crippen molar-refractivity contribution in [1.29, 1.82) is 0 Å². The summed E-state index contributed by atoms with van der Waals surface area (Å²) in [4.78, 5) is 51.8. The van der Waals surface area contributed by atoms with Gasteiger partial charge in [0.2, 0.25) is 5.91 Å². The van der Waals surface area contributed by atoms with Gasteiger partial charge >= 0.3 is 12.2 Å². The van der Waals surface area contributed by atoms with E-state index in [2.05, 4.69) is 41.1 Å². The molecule has 15 nitrogen and oxygen atoms in total. The van der Waals surface area contributed by atoms with Crippen LogP contribution in [0.1, 0.15) is 36.6 Å². The van der Waals surface area contributed by atoms with Gasteiger partial charge in [-0.05, 0) is 83.6 Å². The molecule has 0 bridgehead atoms. The summed E-state index contributed by atoms with van der Waals surface area (Å²) >= 11 is 6.23. The Balaban J connectivity index is 1.42. The SMILES string of the molecule is COC(=O)Nc1ccc(-c2cc(C(CC3CCCN(C(=O)OC)C3)NC(=O)/C=C/c3cc(Cl)ccc3-n3cnnn3)n[nH]c2=O)cc1. The molecule has 47 heavy (non-hydrogen) atoms. The molecule has 2 aromatic carbocycles. The van der Waals surface area contributed by atoms with Crippen LogP contribution >= 0.6 is 11.6 Å². The van der Waals surface area contributed by atoms with E-state index in [4.69, 9.17) is 16.3 Å². The van der Waals surface area contributed by atoms with E-state index in [1.54, 1.807) is 59.5 Å². The lowest BCUT2D eigenvalue weighted by Crippen LogP contribution is -2.41. The van der Waals surface area contributed by atoms with Crippen molar-refractivity contribution in [2.45, 2.75) is 25.3 Å². The molecule has 2 unspecified atom stereocenters. The summed E-state index contributed by atoms with van der Waals surface area (Å²) in [5.41, 5.74) is 2.58. The zero-order valence-electron chi connectivity index (χ0n) is 25.6. The Hall–Kier alpha value is -5.57. The zero-order valence-corrected chi connectivity index (χ0v) is 26.3. The van der Waals surface area contributed by atoms with Gasteiger partial charge in [0.1, 0.15) is 6.33 Å². The Morgan fingerprint density at radius 3 is 2.66 bits per heavy atom. The number of piperidine rings is 1. The molecule has 3 amide bonds. The highest BCUT2D eigenvalue weighted by molar-refractivity contribution is 6.30. The number of ether oxygens (including phenoxy) is 2. The minimum Gasteiger partial charge on any atom is -0.453 e. The van der Waals surface area contributed by atoms with Crippen LogP contribution in [0.3, 0.4) is 0 Å². The first kappa shape index (κ1) is 32.8. The Kier molecular flexibility index (Phi) is 10.6. The number of aromatic nitrogens is 6. The van der Waals surface area contributed by atoms with E-state index in [0.717, 1.165) is 12.8 Å². The number of H-pyrrole nitrogens is 1. The molecule has 0 saturated carbocycles. The predicted octanol–water partition coefficient (Wildman–Crippen LogP) is 3.98. The molecule has 2 atom stereocenters. The van der Waals surface area contributed by atoms with Crippen LogP contribution in [-0.4, -0.2) is 80.7 Å². The number of hydrogen-bond donors (Lipinski definition) is 3. The monoisotopic (exact) mass is 661 g/mol. The highest BCUT2D eigenvalue weighted by Gasteiger charge is 2.28. The summed E-state index contributed by atoms with van der Waals surface area (Å²) < 4.78 is 11.0. The third-order valence-electron chi connectivity index (χ3n) is 7.65. The fourth-order valence-electron chi connectivity index (χ4n) is 5.38. The number of nitrogens with one attached hydrogen (secondary N) is 3.